The van der Waals surface area contributed by atoms with E-state index >= 15 is 0 Å². The number of hydrogen-bond donors (Lipinski definition) is 1. The van der Waals surface area contributed by atoms with Crippen LogP contribution in [0.25, 0.3) is 0 Å². The zero-order valence-corrected chi connectivity index (χ0v) is 12.5. The smallest absolute Gasteiger partial charge is 0.118 e. The topological polar surface area (TPSA) is 21.3 Å². The van der Waals surface area contributed by atoms with Crippen LogP contribution < -0.4 is 10.1 Å². The van der Waals surface area contributed by atoms with Gasteiger partial charge in [0.25, 0.3) is 0 Å². The molecule has 2 rings (SSSR count). The Morgan fingerprint density at radius 1 is 0.950 bits per heavy atom. The monoisotopic (exact) mass is 269 g/mol. The summed E-state index contributed by atoms with van der Waals surface area (Å²) in [6.45, 7) is 5.39. The molecule has 0 aliphatic heterocycles. The largest absolute Gasteiger partial charge is 0.497 e. The average molecular weight is 269 g/mol. The second kappa shape index (κ2) is 7.11. The lowest BCUT2D eigenvalue weighted by molar-refractivity contribution is 0.414. The maximum absolute atomic E-state index is 5.20. The van der Waals surface area contributed by atoms with Crippen LogP contribution in [0.2, 0.25) is 0 Å². The highest BCUT2D eigenvalue weighted by atomic mass is 16.5. The summed E-state index contributed by atoms with van der Waals surface area (Å²) in [5, 5.41) is 3.59. The molecular formula is C18H23NO. The van der Waals surface area contributed by atoms with Gasteiger partial charge in [-0.1, -0.05) is 49.4 Å². The minimum atomic E-state index is 0.420. The molecule has 20 heavy (non-hydrogen) atoms. The summed E-state index contributed by atoms with van der Waals surface area (Å²) in [5.74, 6) is 1.37. The molecule has 0 saturated heterocycles. The SMILES string of the molecule is COc1ccc(C(C)C(C)NCc2ccccc2)cc1. The van der Waals surface area contributed by atoms with Gasteiger partial charge in [-0.15, -0.1) is 0 Å². The number of ether oxygens (including phenoxy) is 1. The van der Waals surface area contributed by atoms with Crippen LogP contribution in [-0.2, 0) is 6.54 Å². The van der Waals surface area contributed by atoms with Gasteiger partial charge in [0, 0.05) is 12.6 Å². The van der Waals surface area contributed by atoms with E-state index in [9.17, 15) is 0 Å². The fourth-order valence-corrected chi connectivity index (χ4v) is 2.25. The van der Waals surface area contributed by atoms with E-state index in [4.69, 9.17) is 4.74 Å². The molecule has 1 N–H and O–H groups in total. The summed E-state index contributed by atoms with van der Waals surface area (Å²) in [4.78, 5) is 0. The second-order valence-corrected chi connectivity index (χ2v) is 5.22. The minimum Gasteiger partial charge on any atom is -0.497 e. The highest BCUT2D eigenvalue weighted by Gasteiger charge is 2.13. The molecule has 2 aromatic rings. The van der Waals surface area contributed by atoms with E-state index < -0.39 is 0 Å². The quantitative estimate of drug-likeness (QED) is 0.856. The van der Waals surface area contributed by atoms with Gasteiger partial charge in [0.15, 0.2) is 0 Å². The fraction of sp³-hybridized carbons (Fsp3) is 0.333. The molecule has 106 valence electrons. The van der Waals surface area contributed by atoms with Gasteiger partial charge in [0.1, 0.15) is 5.75 Å². The first kappa shape index (κ1) is 14.6. The van der Waals surface area contributed by atoms with Crippen molar-refractivity contribution >= 4 is 0 Å². The van der Waals surface area contributed by atoms with Gasteiger partial charge in [0.2, 0.25) is 0 Å². The number of methoxy groups -OCH3 is 1. The standard InChI is InChI=1S/C18H23NO/c1-14(17-9-11-18(20-3)12-10-17)15(2)19-13-16-7-5-4-6-8-16/h4-12,14-15,19H,13H2,1-3H3. The molecule has 0 radical (unpaired) electrons. The third-order valence-corrected chi connectivity index (χ3v) is 3.86. The number of rotatable bonds is 6. The van der Waals surface area contributed by atoms with Crippen molar-refractivity contribution in [2.75, 3.05) is 7.11 Å². The Hall–Kier alpha value is -1.80. The second-order valence-electron chi connectivity index (χ2n) is 5.22. The molecular weight excluding hydrogens is 246 g/mol. The van der Waals surface area contributed by atoms with Crippen molar-refractivity contribution in [3.63, 3.8) is 0 Å². The summed E-state index contributed by atoms with van der Waals surface area (Å²) in [5.41, 5.74) is 2.65. The highest BCUT2D eigenvalue weighted by Crippen LogP contribution is 2.22. The number of benzene rings is 2. The van der Waals surface area contributed by atoms with Crippen LogP contribution in [-0.4, -0.2) is 13.2 Å². The van der Waals surface area contributed by atoms with Crippen LogP contribution in [0.15, 0.2) is 54.6 Å². The first-order valence-corrected chi connectivity index (χ1v) is 7.12. The predicted molar refractivity (Wildman–Crippen MR) is 84.2 cm³/mol. The predicted octanol–water partition coefficient (Wildman–Crippen LogP) is 3.98. The van der Waals surface area contributed by atoms with Crippen molar-refractivity contribution in [1.29, 1.82) is 0 Å². The van der Waals surface area contributed by atoms with Crippen molar-refractivity contribution < 1.29 is 4.74 Å². The molecule has 0 aromatic heterocycles. The molecule has 2 nitrogen and oxygen atoms in total. The molecule has 2 atom stereocenters. The van der Waals surface area contributed by atoms with Crippen molar-refractivity contribution in [2.24, 2.45) is 0 Å². The summed E-state index contributed by atoms with van der Waals surface area (Å²) in [7, 11) is 1.70. The van der Waals surface area contributed by atoms with Gasteiger partial charge in [0.05, 0.1) is 7.11 Å². The molecule has 0 spiro atoms. The Labute approximate surface area is 121 Å². The Kier molecular flexibility index (Phi) is 5.19. The van der Waals surface area contributed by atoms with Gasteiger partial charge >= 0.3 is 0 Å². The molecule has 2 aromatic carbocycles. The molecule has 2 unspecified atom stereocenters. The molecule has 0 saturated carbocycles. The van der Waals surface area contributed by atoms with Gasteiger partial charge in [-0.2, -0.15) is 0 Å². The lowest BCUT2D eigenvalue weighted by atomic mass is 9.94. The Balaban J connectivity index is 1.92. The molecule has 0 heterocycles. The van der Waals surface area contributed by atoms with Crippen molar-refractivity contribution in [2.45, 2.75) is 32.4 Å². The van der Waals surface area contributed by atoms with Crippen LogP contribution in [0.4, 0.5) is 0 Å². The summed E-state index contributed by atoms with van der Waals surface area (Å²) in [6.07, 6.45) is 0. The van der Waals surface area contributed by atoms with E-state index in [-0.39, 0.29) is 0 Å². The van der Waals surface area contributed by atoms with Crippen LogP contribution >= 0.6 is 0 Å². The van der Waals surface area contributed by atoms with Gasteiger partial charge in [-0.3, -0.25) is 0 Å². The Bertz CT molecular complexity index is 507. The normalized spacial score (nSPS) is 13.8. The first-order valence-electron chi connectivity index (χ1n) is 7.12. The van der Waals surface area contributed by atoms with Crippen LogP contribution in [0.3, 0.4) is 0 Å². The van der Waals surface area contributed by atoms with Crippen molar-refractivity contribution in [3.8, 4) is 5.75 Å². The van der Waals surface area contributed by atoms with E-state index in [1.54, 1.807) is 7.11 Å². The third-order valence-electron chi connectivity index (χ3n) is 3.86. The number of hydrogen-bond acceptors (Lipinski definition) is 2. The van der Waals surface area contributed by atoms with Gasteiger partial charge in [-0.05, 0) is 36.1 Å². The molecule has 0 bridgehead atoms. The van der Waals surface area contributed by atoms with Gasteiger partial charge in [-0.25, -0.2) is 0 Å². The third kappa shape index (κ3) is 3.84. The lowest BCUT2D eigenvalue weighted by Crippen LogP contribution is -2.30. The minimum absolute atomic E-state index is 0.420. The fourth-order valence-electron chi connectivity index (χ4n) is 2.25. The van der Waals surface area contributed by atoms with Crippen LogP contribution in [0, 0.1) is 0 Å². The van der Waals surface area contributed by atoms with E-state index in [2.05, 4.69) is 55.6 Å². The van der Waals surface area contributed by atoms with E-state index in [1.165, 1.54) is 11.1 Å². The first-order chi connectivity index (χ1) is 9.70. The van der Waals surface area contributed by atoms with E-state index in [0.29, 0.717) is 12.0 Å². The molecule has 0 aliphatic carbocycles. The maximum Gasteiger partial charge on any atom is 0.118 e. The van der Waals surface area contributed by atoms with Gasteiger partial charge < -0.3 is 10.1 Å². The average Bonchev–Trinajstić information content (AvgIpc) is 2.53. The zero-order chi connectivity index (χ0) is 14.4. The Morgan fingerprint density at radius 2 is 1.60 bits per heavy atom. The molecule has 2 heteroatoms. The molecule has 0 aliphatic rings. The maximum atomic E-state index is 5.20. The van der Waals surface area contributed by atoms with E-state index in [1.807, 2.05) is 18.2 Å². The highest BCUT2D eigenvalue weighted by molar-refractivity contribution is 5.29. The molecule has 0 fully saturated rings. The van der Waals surface area contributed by atoms with Crippen LogP contribution in [0.1, 0.15) is 30.9 Å². The molecule has 0 amide bonds. The summed E-state index contributed by atoms with van der Waals surface area (Å²) >= 11 is 0. The zero-order valence-electron chi connectivity index (χ0n) is 12.5. The lowest BCUT2D eigenvalue weighted by Gasteiger charge is -2.22. The summed E-state index contributed by atoms with van der Waals surface area (Å²) in [6, 6.07) is 19.3. The van der Waals surface area contributed by atoms with E-state index in [0.717, 1.165) is 12.3 Å². The summed E-state index contributed by atoms with van der Waals surface area (Å²) < 4.78 is 5.20. The van der Waals surface area contributed by atoms with Crippen LogP contribution in [0.5, 0.6) is 5.75 Å². The number of nitrogens with one attached hydrogen (secondary N) is 1. The van der Waals surface area contributed by atoms with Crippen molar-refractivity contribution in [3.05, 3.63) is 65.7 Å². The Morgan fingerprint density at radius 3 is 2.20 bits per heavy atom. The van der Waals surface area contributed by atoms with Crippen molar-refractivity contribution in [1.82, 2.24) is 5.32 Å².